The topological polar surface area (TPSA) is 59.6 Å². The highest BCUT2D eigenvalue weighted by atomic mass is 35.5. The summed E-state index contributed by atoms with van der Waals surface area (Å²) in [5.41, 5.74) is 0.797. The van der Waals surface area contributed by atoms with Crippen LogP contribution in [0, 0.1) is 5.41 Å². The molecule has 2 saturated heterocycles. The second-order valence-corrected chi connectivity index (χ2v) is 5.78. The maximum Gasteiger partial charge on any atom is 0.227 e. The standard InChI is InChI=1S/C16H22N2O3.ClH/c1-20-11-3-4-12(14(9-11)21-2)13-10-18-15(19)16(13)5-7-17-8-6-16;/h3-4,9,13,17H,5-8,10H2,1-2H3,(H,18,19);1H. The summed E-state index contributed by atoms with van der Waals surface area (Å²) in [4.78, 5) is 12.5. The molecule has 2 heterocycles. The van der Waals surface area contributed by atoms with E-state index in [4.69, 9.17) is 9.47 Å². The zero-order chi connectivity index (χ0) is 14.9. The molecular formula is C16H23ClN2O3. The fraction of sp³-hybridized carbons (Fsp3) is 0.562. The van der Waals surface area contributed by atoms with Crippen LogP contribution in [0.2, 0.25) is 0 Å². The first kappa shape index (κ1) is 16.9. The van der Waals surface area contributed by atoms with Crippen LogP contribution in [-0.4, -0.2) is 39.8 Å². The van der Waals surface area contributed by atoms with E-state index in [0.717, 1.165) is 43.0 Å². The third-order valence-corrected chi connectivity index (χ3v) is 4.90. The second-order valence-electron chi connectivity index (χ2n) is 5.78. The maximum atomic E-state index is 12.5. The van der Waals surface area contributed by atoms with Crippen molar-refractivity contribution in [2.45, 2.75) is 18.8 Å². The normalized spacial score (nSPS) is 22.8. The number of halogens is 1. The quantitative estimate of drug-likeness (QED) is 0.888. The van der Waals surface area contributed by atoms with Gasteiger partial charge in [0.05, 0.1) is 19.6 Å². The molecule has 2 fully saturated rings. The van der Waals surface area contributed by atoms with Gasteiger partial charge in [0, 0.05) is 24.1 Å². The summed E-state index contributed by atoms with van der Waals surface area (Å²) in [6.07, 6.45) is 1.75. The lowest BCUT2D eigenvalue weighted by atomic mass is 9.68. The Hall–Kier alpha value is -1.46. The SMILES string of the molecule is COc1ccc(C2CNC(=O)C23CCNCC3)c(OC)c1.Cl. The van der Waals surface area contributed by atoms with Gasteiger partial charge in [-0.3, -0.25) is 4.79 Å². The molecule has 1 atom stereocenters. The minimum atomic E-state index is -0.298. The van der Waals surface area contributed by atoms with Crippen molar-refractivity contribution in [1.29, 1.82) is 0 Å². The van der Waals surface area contributed by atoms with Crippen molar-refractivity contribution < 1.29 is 14.3 Å². The Morgan fingerprint density at radius 3 is 2.55 bits per heavy atom. The van der Waals surface area contributed by atoms with Crippen LogP contribution in [0.5, 0.6) is 11.5 Å². The molecule has 1 aromatic carbocycles. The third kappa shape index (κ3) is 2.63. The highest BCUT2D eigenvalue weighted by Gasteiger charge is 2.51. The largest absolute Gasteiger partial charge is 0.497 e. The van der Waals surface area contributed by atoms with Gasteiger partial charge in [-0.1, -0.05) is 6.07 Å². The van der Waals surface area contributed by atoms with Gasteiger partial charge in [0.1, 0.15) is 11.5 Å². The first-order valence-corrected chi connectivity index (χ1v) is 7.42. The molecule has 0 bridgehead atoms. The summed E-state index contributed by atoms with van der Waals surface area (Å²) in [5.74, 6) is 1.92. The molecule has 3 rings (SSSR count). The fourth-order valence-electron chi connectivity index (χ4n) is 3.69. The number of carbonyl (C=O) groups excluding carboxylic acids is 1. The summed E-state index contributed by atoms with van der Waals surface area (Å²) >= 11 is 0. The van der Waals surface area contributed by atoms with Crippen molar-refractivity contribution in [1.82, 2.24) is 10.6 Å². The summed E-state index contributed by atoms with van der Waals surface area (Å²) in [6, 6.07) is 5.87. The molecule has 1 spiro atoms. The molecule has 22 heavy (non-hydrogen) atoms. The number of rotatable bonds is 3. The highest BCUT2D eigenvalue weighted by Crippen LogP contribution is 2.49. The Morgan fingerprint density at radius 1 is 1.18 bits per heavy atom. The number of amides is 1. The average Bonchev–Trinajstić information content (AvgIpc) is 2.84. The smallest absolute Gasteiger partial charge is 0.227 e. The number of benzene rings is 1. The fourth-order valence-corrected chi connectivity index (χ4v) is 3.69. The number of piperidine rings is 1. The predicted molar refractivity (Wildman–Crippen MR) is 87.1 cm³/mol. The van der Waals surface area contributed by atoms with E-state index in [-0.39, 0.29) is 29.6 Å². The molecule has 1 unspecified atom stereocenters. The summed E-state index contributed by atoms with van der Waals surface area (Å²) < 4.78 is 10.8. The zero-order valence-electron chi connectivity index (χ0n) is 13.0. The van der Waals surface area contributed by atoms with Gasteiger partial charge in [0.2, 0.25) is 5.91 Å². The van der Waals surface area contributed by atoms with E-state index in [9.17, 15) is 4.79 Å². The van der Waals surface area contributed by atoms with Crippen molar-refractivity contribution in [3.63, 3.8) is 0 Å². The monoisotopic (exact) mass is 326 g/mol. The lowest BCUT2D eigenvalue weighted by Gasteiger charge is -2.37. The Balaban J connectivity index is 0.00000176. The molecule has 122 valence electrons. The molecule has 2 aliphatic rings. The number of nitrogens with one attached hydrogen (secondary N) is 2. The number of hydrogen-bond acceptors (Lipinski definition) is 4. The van der Waals surface area contributed by atoms with Crippen molar-refractivity contribution in [3.8, 4) is 11.5 Å². The molecule has 1 amide bonds. The first-order chi connectivity index (χ1) is 10.2. The van der Waals surface area contributed by atoms with Crippen LogP contribution < -0.4 is 20.1 Å². The van der Waals surface area contributed by atoms with Gasteiger partial charge in [0.25, 0.3) is 0 Å². The Bertz CT molecular complexity index is 544. The van der Waals surface area contributed by atoms with Crippen molar-refractivity contribution in [3.05, 3.63) is 23.8 Å². The van der Waals surface area contributed by atoms with Gasteiger partial charge in [-0.2, -0.15) is 0 Å². The van der Waals surface area contributed by atoms with Crippen LogP contribution in [-0.2, 0) is 4.79 Å². The molecule has 0 saturated carbocycles. The van der Waals surface area contributed by atoms with E-state index in [1.807, 2.05) is 18.2 Å². The van der Waals surface area contributed by atoms with Gasteiger partial charge in [-0.15, -0.1) is 12.4 Å². The lowest BCUT2D eigenvalue weighted by molar-refractivity contribution is -0.129. The molecule has 1 aromatic rings. The van der Waals surface area contributed by atoms with Crippen molar-refractivity contribution in [2.75, 3.05) is 33.9 Å². The molecular weight excluding hydrogens is 304 g/mol. The predicted octanol–water partition coefficient (Wildman–Crippen LogP) is 1.71. The van der Waals surface area contributed by atoms with Gasteiger partial charge in [-0.05, 0) is 32.0 Å². The van der Waals surface area contributed by atoms with E-state index in [1.165, 1.54) is 0 Å². The molecule has 5 nitrogen and oxygen atoms in total. The minimum absolute atomic E-state index is 0. The van der Waals surface area contributed by atoms with Crippen molar-refractivity contribution >= 4 is 18.3 Å². The van der Waals surface area contributed by atoms with Gasteiger partial charge in [-0.25, -0.2) is 0 Å². The number of hydrogen-bond donors (Lipinski definition) is 2. The van der Waals surface area contributed by atoms with Gasteiger partial charge in [0.15, 0.2) is 0 Å². The molecule has 0 aromatic heterocycles. The number of ether oxygens (including phenoxy) is 2. The Labute approximate surface area is 137 Å². The van der Waals surface area contributed by atoms with Crippen molar-refractivity contribution in [2.24, 2.45) is 5.41 Å². The molecule has 2 aliphatic heterocycles. The minimum Gasteiger partial charge on any atom is -0.497 e. The average molecular weight is 327 g/mol. The van der Waals surface area contributed by atoms with Crippen LogP contribution in [0.25, 0.3) is 0 Å². The maximum absolute atomic E-state index is 12.5. The summed E-state index contributed by atoms with van der Waals surface area (Å²) in [5, 5.41) is 6.40. The van der Waals surface area contributed by atoms with Crippen LogP contribution >= 0.6 is 12.4 Å². The highest BCUT2D eigenvalue weighted by molar-refractivity contribution is 5.87. The van der Waals surface area contributed by atoms with E-state index >= 15 is 0 Å². The number of carbonyl (C=O) groups is 1. The van der Waals surface area contributed by atoms with Crippen LogP contribution in [0.3, 0.4) is 0 Å². The van der Waals surface area contributed by atoms with Crippen LogP contribution in [0.15, 0.2) is 18.2 Å². The molecule has 0 radical (unpaired) electrons. The zero-order valence-corrected chi connectivity index (χ0v) is 13.8. The Morgan fingerprint density at radius 2 is 1.91 bits per heavy atom. The third-order valence-electron chi connectivity index (χ3n) is 4.90. The number of methoxy groups -OCH3 is 2. The van der Waals surface area contributed by atoms with E-state index in [1.54, 1.807) is 14.2 Å². The molecule has 0 aliphatic carbocycles. The molecule has 2 N–H and O–H groups in total. The van der Waals surface area contributed by atoms with Gasteiger partial charge >= 0.3 is 0 Å². The van der Waals surface area contributed by atoms with Gasteiger partial charge < -0.3 is 20.1 Å². The van der Waals surface area contributed by atoms with E-state index < -0.39 is 0 Å². The van der Waals surface area contributed by atoms with Crippen LogP contribution in [0.4, 0.5) is 0 Å². The van der Waals surface area contributed by atoms with E-state index in [2.05, 4.69) is 10.6 Å². The second kappa shape index (κ2) is 6.75. The summed E-state index contributed by atoms with van der Waals surface area (Å²) in [6.45, 7) is 2.46. The Kier molecular flexibility index (Phi) is 5.19. The summed E-state index contributed by atoms with van der Waals surface area (Å²) in [7, 11) is 3.31. The first-order valence-electron chi connectivity index (χ1n) is 7.42. The lowest BCUT2D eigenvalue weighted by Crippen LogP contribution is -2.44. The molecule has 6 heteroatoms. The van der Waals surface area contributed by atoms with Crippen LogP contribution in [0.1, 0.15) is 24.3 Å². The van der Waals surface area contributed by atoms with E-state index in [0.29, 0.717) is 6.54 Å².